The number of hydrogen-bond donors (Lipinski definition) is 1. The Morgan fingerprint density at radius 1 is 1.29 bits per heavy atom. The van der Waals surface area contributed by atoms with Gasteiger partial charge >= 0.3 is 6.18 Å². The van der Waals surface area contributed by atoms with Crippen molar-refractivity contribution in [3.8, 4) is 10.6 Å². The molecule has 2 nitrogen and oxygen atoms in total. The number of alkyl halides is 3. The highest BCUT2D eigenvalue weighted by molar-refractivity contribution is 7.15. The van der Waals surface area contributed by atoms with Gasteiger partial charge in [-0.2, -0.15) is 13.2 Å². The van der Waals surface area contributed by atoms with Crippen LogP contribution in [0.2, 0.25) is 0 Å². The normalized spacial score (nSPS) is 12.1. The van der Waals surface area contributed by atoms with E-state index in [9.17, 15) is 13.2 Å². The van der Waals surface area contributed by atoms with Crippen LogP contribution >= 0.6 is 11.3 Å². The van der Waals surface area contributed by atoms with Crippen LogP contribution in [0.1, 0.15) is 30.0 Å². The van der Waals surface area contributed by atoms with Crippen molar-refractivity contribution in [2.75, 3.05) is 0 Å². The van der Waals surface area contributed by atoms with E-state index in [2.05, 4.69) is 10.3 Å². The molecule has 0 fully saturated rings. The van der Waals surface area contributed by atoms with Crippen molar-refractivity contribution < 1.29 is 13.2 Å². The molecule has 0 aliphatic rings. The van der Waals surface area contributed by atoms with Gasteiger partial charge in [-0.1, -0.05) is 37.6 Å². The molecule has 0 bridgehead atoms. The van der Waals surface area contributed by atoms with Gasteiger partial charge in [-0.05, 0) is 13.0 Å². The lowest BCUT2D eigenvalue weighted by Gasteiger charge is -2.09. The molecular weight excluding hydrogens is 297 g/mol. The fourth-order valence-corrected chi connectivity index (χ4v) is 2.92. The van der Waals surface area contributed by atoms with E-state index in [1.165, 1.54) is 0 Å². The summed E-state index contributed by atoms with van der Waals surface area (Å²) in [5.74, 6) is 0. The minimum absolute atomic E-state index is 0.121. The molecule has 21 heavy (non-hydrogen) atoms. The van der Waals surface area contributed by atoms with Gasteiger partial charge in [0, 0.05) is 18.2 Å². The van der Waals surface area contributed by atoms with Crippen molar-refractivity contribution in [1.29, 1.82) is 0 Å². The fraction of sp³-hybridized carbons (Fsp3) is 0.400. The Labute approximate surface area is 126 Å². The standard InChI is InChI=1S/C15H17F3N2S/c1-9(2)19-8-12-13(15(16,17)18)20-14(21-12)11-6-4-5-10(3)7-11/h4-7,9,19H,8H2,1-3H3. The Morgan fingerprint density at radius 2 is 2.00 bits per heavy atom. The fourth-order valence-electron chi connectivity index (χ4n) is 1.89. The van der Waals surface area contributed by atoms with Crippen LogP contribution in [0.4, 0.5) is 13.2 Å². The third kappa shape index (κ3) is 4.04. The molecule has 0 amide bonds. The summed E-state index contributed by atoms with van der Waals surface area (Å²) in [6.45, 7) is 5.88. The van der Waals surface area contributed by atoms with Gasteiger partial charge in [0.05, 0.1) is 4.88 Å². The predicted molar refractivity (Wildman–Crippen MR) is 79.3 cm³/mol. The van der Waals surface area contributed by atoms with Gasteiger partial charge in [0.25, 0.3) is 0 Å². The van der Waals surface area contributed by atoms with E-state index in [4.69, 9.17) is 0 Å². The summed E-state index contributed by atoms with van der Waals surface area (Å²) in [6, 6.07) is 7.48. The summed E-state index contributed by atoms with van der Waals surface area (Å²) < 4.78 is 39.3. The topological polar surface area (TPSA) is 24.9 Å². The van der Waals surface area contributed by atoms with Crippen molar-refractivity contribution in [3.05, 3.63) is 40.4 Å². The van der Waals surface area contributed by atoms with E-state index in [1.54, 1.807) is 6.07 Å². The Morgan fingerprint density at radius 3 is 2.57 bits per heavy atom. The Bertz CT molecular complexity index is 618. The molecule has 1 aromatic carbocycles. The molecule has 0 spiro atoms. The molecule has 1 aromatic heterocycles. The quantitative estimate of drug-likeness (QED) is 0.889. The van der Waals surface area contributed by atoms with E-state index in [0.29, 0.717) is 5.01 Å². The van der Waals surface area contributed by atoms with Crippen molar-refractivity contribution in [1.82, 2.24) is 10.3 Å². The Balaban J connectivity index is 2.40. The lowest BCUT2D eigenvalue weighted by atomic mass is 10.1. The molecule has 0 unspecified atom stereocenters. The third-order valence-corrected chi connectivity index (χ3v) is 4.01. The molecule has 1 heterocycles. The van der Waals surface area contributed by atoms with Crippen LogP contribution in [-0.2, 0) is 12.7 Å². The van der Waals surface area contributed by atoms with Crippen molar-refractivity contribution in [2.24, 2.45) is 0 Å². The molecule has 0 saturated carbocycles. The third-order valence-electron chi connectivity index (χ3n) is 2.90. The maximum atomic E-state index is 13.1. The number of nitrogens with zero attached hydrogens (tertiary/aromatic N) is 1. The molecule has 0 aliphatic heterocycles. The summed E-state index contributed by atoms with van der Waals surface area (Å²) in [4.78, 5) is 4.05. The molecular formula is C15H17F3N2S. The van der Waals surface area contributed by atoms with Crippen molar-refractivity contribution in [2.45, 2.75) is 39.5 Å². The summed E-state index contributed by atoms with van der Waals surface area (Å²) in [7, 11) is 0. The monoisotopic (exact) mass is 314 g/mol. The maximum absolute atomic E-state index is 13.1. The lowest BCUT2D eigenvalue weighted by molar-refractivity contribution is -0.141. The largest absolute Gasteiger partial charge is 0.434 e. The van der Waals surface area contributed by atoms with Crippen LogP contribution < -0.4 is 5.32 Å². The van der Waals surface area contributed by atoms with Gasteiger partial charge in [-0.15, -0.1) is 11.3 Å². The first-order valence-corrected chi connectivity index (χ1v) is 7.46. The van der Waals surface area contributed by atoms with Crippen LogP contribution in [0, 0.1) is 6.92 Å². The molecule has 6 heteroatoms. The number of halogens is 3. The van der Waals surface area contributed by atoms with E-state index >= 15 is 0 Å². The lowest BCUT2D eigenvalue weighted by Crippen LogP contribution is -2.23. The van der Waals surface area contributed by atoms with Crippen LogP contribution in [0.3, 0.4) is 0 Å². The molecule has 0 radical (unpaired) electrons. The molecule has 1 N–H and O–H groups in total. The van der Waals surface area contributed by atoms with E-state index < -0.39 is 11.9 Å². The van der Waals surface area contributed by atoms with Crippen LogP contribution in [0.15, 0.2) is 24.3 Å². The predicted octanol–water partition coefficient (Wildman–Crippen LogP) is 4.64. The number of hydrogen-bond acceptors (Lipinski definition) is 3. The number of aryl methyl sites for hydroxylation is 1. The van der Waals surface area contributed by atoms with Gasteiger partial charge in [0.15, 0.2) is 5.69 Å². The Kier molecular flexibility index (Phi) is 4.68. The maximum Gasteiger partial charge on any atom is 0.434 e. The first-order valence-electron chi connectivity index (χ1n) is 6.64. The second-order valence-electron chi connectivity index (χ2n) is 5.19. The van der Waals surface area contributed by atoms with E-state index in [-0.39, 0.29) is 17.5 Å². The number of thiazole rings is 1. The summed E-state index contributed by atoms with van der Waals surface area (Å²) in [5, 5.41) is 3.43. The molecule has 114 valence electrons. The molecule has 0 saturated heterocycles. The second-order valence-corrected chi connectivity index (χ2v) is 6.28. The highest BCUT2D eigenvalue weighted by Gasteiger charge is 2.37. The van der Waals surface area contributed by atoms with Crippen molar-refractivity contribution in [3.63, 3.8) is 0 Å². The SMILES string of the molecule is Cc1cccc(-c2nc(C(F)(F)F)c(CNC(C)C)s2)c1. The first-order chi connectivity index (χ1) is 9.77. The van der Waals surface area contributed by atoms with Crippen LogP contribution in [0.5, 0.6) is 0 Å². The summed E-state index contributed by atoms with van der Waals surface area (Å²) >= 11 is 1.10. The average Bonchev–Trinajstić information content (AvgIpc) is 2.80. The number of nitrogens with one attached hydrogen (secondary N) is 1. The second kappa shape index (κ2) is 6.15. The first kappa shape index (κ1) is 16.0. The number of rotatable bonds is 4. The number of aromatic nitrogens is 1. The van der Waals surface area contributed by atoms with E-state index in [0.717, 1.165) is 22.5 Å². The minimum Gasteiger partial charge on any atom is -0.310 e. The van der Waals surface area contributed by atoms with Gasteiger partial charge in [0.2, 0.25) is 0 Å². The minimum atomic E-state index is -4.42. The number of benzene rings is 1. The Hall–Kier alpha value is -1.40. The molecule has 2 rings (SSSR count). The molecule has 0 atom stereocenters. The van der Waals surface area contributed by atoms with Gasteiger partial charge in [-0.25, -0.2) is 4.98 Å². The smallest absolute Gasteiger partial charge is 0.310 e. The van der Waals surface area contributed by atoms with Crippen molar-refractivity contribution >= 4 is 11.3 Å². The van der Waals surface area contributed by atoms with E-state index in [1.807, 2.05) is 39.0 Å². The van der Waals surface area contributed by atoms with Crippen LogP contribution in [-0.4, -0.2) is 11.0 Å². The van der Waals surface area contributed by atoms with Gasteiger partial charge in [0.1, 0.15) is 5.01 Å². The summed E-state index contributed by atoms with van der Waals surface area (Å²) in [6.07, 6.45) is -4.42. The van der Waals surface area contributed by atoms with Crippen LogP contribution in [0.25, 0.3) is 10.6 Å². The molecule has 2 aromatic rings. The zero-order valence-electron chi connectivity index (χ0n) is 12.1. The molecule has 0 aliphatic carbocycles. The van der Waals surface area contributed by atoms with Gasteiger partial charge in [-0.3, -0.25) is 0 Å². The average molecular weight is 314 g/mol. The highest BCUT2D eigenvalue weighted by Crippen LogP contribution is 2.37. The summed E-state index contributed by atoms with van der Waals surface area (Å²) in [5.41, 5.74) is 0.941. The highest BCUT2D eigenvalue weighted by atomic mass is 32.1. The zero-order chi connectivity index (χ0) is 15.6. The zero-order valence-corrected chi connectivity index (χ0v) is 12.9. The van der Waals surface area contributed by atoms with Gasteiger partial charge < -0.3 is 5.32 Å².